The molecule has 0 bridgehead atoms. The topological polar surface area (TPSA) is 102 Å². The van der Waals surface area contributed by atoms with Gasteiger partial charge in [-0.1, -0.05) is 6.92 Å². The van der Waals surface area contributed by atoms with Gasteiger partial charge in [-0.2, -0.15) is 0 Å². The number of nitrogens with zero attached hydrogens (tertiary/aromatic N) is 2. The van der Waals surface area contributed by atoms with Crippen molar-refractivity contribution in [2.24, 2.45) is 5.84 Å². The van der Waals surface area contributed by atoms with E-state index in [1.54, 1.807) is 4.90 Å². The van der Waals surface area contributed by atoms with Crippen LogP contribution in [0.3, 0.4) is 0 Å². The lowest BCUT2D eigenvalue weighted by Gasteiger charge is -2.27. The third kappa shape index (κ3) is 3.45. The number of amides is 1. The van der Waals surface area contributed by atoms with Crippen molar-refractivity contribution in [3.8, 4) is 0 Å². The summed E-state index contributed by atoms with van der Waals surface area (Å²) in [4.78, 5) is 24.5. The van der Waals surface area contributed by atoms with E-state index in [0.29, 0.717) is 12.2 Å². The second kappa shape index (κ2) is 6.85. The number of nitrogens with one attached hydrogen (secondary N) is 1. The largest absolute Gasteiger partial charge is 0.336 e. The molecule has 0 aromatic heterocycles. The fourth-order valence-electron chi connectivity index (χ4n) is 1.94. The van der Waals surface area contributed by atoms with Crippen molar-refractivity contribution in [2.45, 2.75) is 33.2 Å². The van der Waals surface area contributed by atoms with Crippen molar-refractivity contribution < 1.29 is 9.72 Å². The standard InChI is InChI=1S/C13H20N4O3/c1-4-7-16(9(2)3)13(18)11-8-10(17(19)20)5-6-12(11)15-14/h5-6,8-9,15H,4,7,14H2,1-3H3. The predicted molar refractivity (Wildman–Crippen MR) is 77.4 cm³/mol. The highest BCUT2D eigenvalue weighted by atomic mass is 16.6. The fraction of sp³-hybridized carbons (Fsp3) is 0.462. The third-order valence-electron chi connectivity index (χ3n) is 2.95. The second-order valence-electron chi connectivity index (χ2n) is 4.72. The van der Waals surface area contributed by atoms with Gasteiger partial charge in [0.15, 0.2) is 0 Å². The molecule has 0 radical (unpaired) electrons. The number of nitro benzene ring substituents is 1. The minimum atomic E-state index is -0.531. The number of carbonyl (C=O) groups excluding carboxylic acids is 1. The van der Waals surface area contributed by atoms with Crippen LogP contribution in [-0.2, 0) is 0 Å². The Kier molecular flexibility index (Phi) is 5.45. The lowest BCUT2D eigenvalue weighted by Crippen LogP contribution is -2.38. The van der Waals surface area contributed by atoms with Crippen LogP contribution in [0.4, 0.5) is 11.4 Å². The number of rotatable bonds is 6. The molecule has 0 saturated heterocycles. The number of hydrazine groups is 1. The Morgan fingerprint density at radius 3 is 2.60 bits per heavy atom. The van der Waals surface area contributed by atoms with E-state index in [2.05, 4.69) is 5.43 Å². The molecular weight excluding hydrogens is 260 g/mol. The summed E-state index contributed by atoms with van der Waals surface area (Å²) in [7, 11) is 0. The summed E-state index contributed by atoms with van der Waals surface area (Å²) in [6.07, 6.45) is 0.810. The minimum absolute atomic E-state index is 0.00679. The number of hydrogen-bond donors (Lipinski definition) is 2. The van der Waals surface area contributed by atoms with Crippen molar-refractivity contribution >= 4 is 17.3 Å². The number of nitro groups is 1. The van der Waals surface area contributed by atoms with Crippen LogP contribution in [-0.4, -0.2) is 28.3 Å². The summed E-state index contributed by atoms with van der Waals surface area (Å²) in [6.45, 7) is 6.36. The second-order valence-corrected chi connectivity index (χ2v) is 4.72. The number of nitrogen functional groups attached to an aromatic ring is 1. The van der Waals surface area contributed by atoms with Gasteiger partial charge in [-0.3, -0.25) is 20.8 Å². The van der Waals surface area contributed by atoms with E-state index in [4.69, 9.17) is 5.84 Å². The van der Waals surface area contributed by atoms with Crippen LogP contribution >= 0.6 is 0 Å². The Labute approximate surface area is 117 Å². The number of non-ortho nitro benzene ring substituents is 1. The van der Waals surface area contributed by atoms with Crippen LogP contribution in [0.15, 0.2) is 18.2 Å². The lowest BCUT2D eigenvalue weighted by atomic mass is 10.1. The molecular formula is C13H20N4O3. The van der Waals surface area contributed by atoms with Gasteiger partial charge in [-0.05, 0) is 26.3 Å². The number of benzene rings is 1. The Morgan fingerprint density at radius 1 is 1.50 bits per heavy atom. The molecule has 1 aromatic carbocycles. The maximum atomic E-state index is 12.5. The molecule has 0 saturated carbocycles. The first-order chi connectivity index (χ1) is 9.42. The average Bonchev–Trinajstić information content (AvgIpc) is 2.42. The summed E-state index contributed by atoms with van der Waals surface area (Å²) in [5.74, 6) is 5.11. The average molecular weight is 280 g/mol. The van der Waals surface area contributed by atoms with Gasteiger partial charge in [0.1, 0.15) is 0 Å². The molecule has 0 unspecified atom stereocenters. The Hall–Kier alpha value is -2.15. The Balaban J connectivity index is 3.23. The van der Waals surface area contributed by atoms with Gasteiger partial charge in [-0.25, -0.2) is 0 Å². The summed E-state index contributed by atoms with van der Waals surface area (Å²) in [5.41, 5.74) is 2.87. The van der Waals surface area contributed by atoms with Crippen LogP contribution in [0.2, 0.25) is 0 Å². The van der Waals surface area contributed by atoms with E-state index in [9.17, 15) is 14.9 Å². The predicted octanol–water partition coefficient (Wildman–Crippen LogP) is 2.14. The quantitative estimate of drug-likeness (QED) is 0.472. The first kappa shape index (κ1) is 15.9. The van der Waals surface area contributed by atoms with Gasteiger partial charge in [0.05, 0.1) is 16.2 Å². The molecule has 0 aliphatic heterocycles. The fourth-order valence-corrected chi connectivity index (χ4v) is 1.94. The molecule has 0 spiro atoms. The number of carbonyl (C=O) groups is 1. The highest BCUT2D eigenvalue weighted by molar-refractivity contribution is 6.00. The van der Waals surface area contributed by atoms with Crippen LogP contribution in [0, 0.1) is 10.1 Å². The molecule has 110 valence electrons. The normalized spacial score (nSPS) is 10.4. The highest BCUT2D eigenvalue weighted by Gasteiger charge is 2.23. The van der Waals surface area contributed by atoms with Gasteiger partial charge in [-0.15, -0.1) is 0 Å². The number of nitrogens with two attached hydrogens (primary N) is 1. The number of hydrogen-bond acceptors (Lipinski definition) is 5. The summed E-state index contributed by atoms with van der Waals surface area (Å²) in [5, 5.41) is 10.8. The van der Waals surface area contributed by atoms with Gasteiger partial charge in [0.25, 0.3) is 11.6 Å². The first-order valence-corrected chi connectivity index (χ1v) is 6.48. The molecule has 7 heteroatoms. The van der Waals surface area contributed by atoms with E-state index in [1.807, 2.05) is 20.8 Å². The third-order valence-corrected chi connectivity index (χ3v) is 2.95. The summed E-state index contributed by atoms with van der Waals surface area (Å²) < 4.78 is 0. The molecule has 0 heterocycles. The Morgan fingerprint density at radius 2 is 2.15 bits per heavy atom. The van der Waals surface area contributed by atoms with Crippen molar-refractivity contribution in [1.29, 1.82) is 0 Å². The molecule has 0 aliphatic rings. The lowest BCUT2D eigenvalue weighted by molar-refractivity contribution is -0.384. The van der Waals surface area contributed by atoms with Crippen LogP contribution in [0.1, 0.15) is 37.6 Å². The monoisotopic (exact) mass is 280 g/mol. The molecule has 1 aromatic rings. The molecule has 1 rings (SSSR count). The van der Waals surface area contributed by atoms with E-state index < -0.39 is 4.92 Å². The molecule has 0 aliphatic carbocycles. The minimum Gasteiger partial charge on any atom is -0.336 e. The van der Waals surface area contributed by atoms with Gasteiger partial charge < -0.3 is 10.3 Å². The molecule has 3 N–H and O–H groups in total. The van der Waals surface area contributed by atoms with E-state index >= 15 is 0 Å². The van der Waals surface area contributed by atoms with Crippen LogP contribution in [0.25, 0.3) is 0 Å². The smallest absolute Gasteiger partial charge is 0.270 e. The SMILES string of the molecule is CCCN(C(=O)c1cc([N+](=O)[O-])ccc1NN)C(C)C. The van der Waals surface area contributed by atoms with E-state index in [0.717, 1.165) is 6.42 Å². The zero-order valence-electron chi connectivity index (χ0n) is 11.9. The number of anilines is 1. The van der Waals surface area contributed by atoms with Gasteiger partial charge in [0.2, 0.25) is 0 Å². The molecule has 20 heavy (non-hydrogen) atoms. The molecule has 0 atom stereocenters. The van der Waals surface area contributed by atoms with Gasteiger partial charge >= 0.3 is 0 Å². The summed E-state index contributed by atoms with van der Waals surface area (Å²) in [6, 6.07) is 4.01. The zero-order chi connectivity index (χ0) is 15.3. The highest BCUT2D eigenvalue weighted by Crippen LogP contribution is 2.23. The Bertz CT molecular complexity index is 502. The molecule has 0 fully saturated rings. The maximum absolute atomic E-state index is 12.5. The summed E-state index contributed by atoms with van der Waals surface area (Å²) >= 11 is 0. The molecule has 1 amide bonds. The van der Waals surface area contributed by atoms with Gasteiger partial charge in [0, 0.05) is 24.7 Å². The van der Waals surface area contributed by atoms with Crippen molar-refractivity contribution in [3.63, 3.8) is 0 Å². The van der Waals surface area contributed by atoms with E-state index in [-0.39, 0.29) is 23.2 Å². The van der Waals surface area contributed by atoms with Crippen molar-refractivity contribution in [2.75, 3.05) is 12.0 Å². The van der Waals surface area contributed by atoms with Crippen molar-refractivity contribution in [3.05, 3.63) is 33.9 Å². The molecule has 7 nitrogen and oxygen atoms in total. The maximum Gasteiger partial charge on any atom is 0.270 e. The van der Waals surface area contributed by atoms with Crippen molar-refractivity contribution in [1.82, 2.24) is 4.90 Å². The van der Waals surface area contributed by atoms with Crippen LogP contribution < -0.4 is 11.3 Å². The van der Waals surface area contributed by atoms with E-state index in [1.165, 1.54) is 18.2 Å². The van der Waals surface area contributed by atoms with Crippen LogP contribution in [0.5, 0.6) is 0 Å². The first-order valence-electron chi connectivity index (χ1n) is 6.48. The zero-order valence-corrected chi connectivity index (χ0v) is 11.9.